The summed E-state index contributed by atoms with van der Waals surface area (Å²) in [5.41, 5.74) is 0.769. The molecule has 3 heterocycles. The van der Waals surface area contributed by atoms with Crippen LogP contribution in [0.5, 0.6) is 0 Å². The molecule has 1 N–H and O–H groups in total. The Kier molecular flexibility index (Phi) is 5.59. The van der Waals surface area contributed by atoms with Gasteiger partial charge >= 0.3 is 0 Å². The van der Waals surface area contributed by atoms with Gasteiger partial charge in [0.1, 0.15) is 16.8 Å². The molecule has 0 spiro atoms. The molecule has 3 rings (SSSR count). The monoisotopic (exact) mass is 366 g/mol. The van der Waals surface area contributed by atoms with Crippen molar-refractivity contribution in [3.8, 4) is 0 Å². The Morgan fingerprint density at radius 1 is 1.25 bits per heavy atom. The molecule has 0 unspecified atom stereocenters. The Morgan fingerprint density at radius 2 is 2.00 bits per heavy atom. The highest BCUT2D eigenvalue weighted by atomic mass is 32.2. The molecule has 0 atom stereocenters. The first-order valence-corrected chi connectivity index (χ1v) is 10.4. The van der Waals surface area contributed by atoms with Crippen molar-refractivity contribution >= 4 is 39.3 Å². The highest BCUT2D eigenvalue weighted by Crippen LogP contribution is 2.32. The zero-order chi connectivity index (χ0) is 17.2. The number of rotatable bonds is 6. The molecule has 2 aromatic rings. The van der Waals surface area contributed by atoms with Gasteiger partial charge in [0.25, 0.3) is 0 Å². The number of thiazole rings is 1. The van der Waals surface area contributed by atoms with E-state index in [0.29, 0.717) is 0 Å². The lowest BCUT2D eigenvalue weighted by Crippen LogP contribution is -2.46. The summed E-state index contributed by atoms with van der Waals surface area (Å²) in [6.07, 6.45) is 4.72. The van der Waals surface area contributed by atoms with Crippen molar-refractivity contribution in [1.82, 2.24) is 24.8 Å². The number of thioether (sulfide) groups is 1. The molecule has 0 saturated carbocycles. The molecule has 1 aliphatic heterocycles. The van der Waals surface area contributed by atoms with Crippen LogP contribution in [0.4, 0.5) is 5.82 Å². The van der Waals surface area contributed by atoms with Crippen LogP contribution >= 0.6 is 23.1 Å². The first kappa shape index (κ1) is 17.8. The van der Waals surface area contributed by atoms with Crippen molar-refractivity contribution in [1.29, 1.82) is 0 Å². The Labute approximate surface area is 152 Å². The summed E-state index contributed by atoms with van der Waals surface area (Å²) in [7, 11) is 2.20. The van der Waals surface area contributed by atoms with Crippen LogP contribution in [-0.4, -0.2) is 76.3 Å². The fourth-order valence-corrected chi connectivity index (χ4v) is 4.26. The van der Waals surface area contributed by atoms with Crippen molar-refractivity contribution in [2.75, 3.05) is 51.3 Å². The molecule has 132 valence electrons. The number of anilines is 1. The van der Waals surface area contributed by atoms with Crippen molar-refractivity contribution in [3.05, 3.63) is 6.33 Å². The molecule has 6 nitrogen and oxygen atoms in total. The van der Waals surface area contributed by atoms with E-state index in [1.54, 1.807) is 29.4 Å². The summed E-state index contributed by atoms with van der Waals surface area (Å²) in [6, 6.07) is 0. The van der Waals surface area contributed by atoms with Crippen LogP contribution in [0.15, 0.2) is 10.7 Å². The number of fused-ring (bicyclic) bond motifs is 1. The maximum absolute atomic E-state index is 4.53. The second kappa shape index (κ2) is 7.51. The SMILES string of the molecule is CSc1nc2ncnc(NC(C)(C)CCN3CCN(C)CC3)c2s1. The lowest BCUT2D eigenvalue weighted by atomic mass is 10.00. The molecule has 0 amide bonds. The third-order valence-electron chi connectivity index (χ3n) is 4.45. The fraction of sp³-hybridized carbons (Fsp3) is 0.688. The van der Waals surface area contributed by atoms with Gasteiger partial charge in [0, 0.05) is 38.3 Å². The normalized spacial score (nSPS) is 17.5. The number of nitrogens with one attached hydrogen (secondary N) is 1. The Bertz CT molecular complexity index is 678. The van der Waals surface area contributed by atoms with Gasteiger partial charge in [0.05, 0.1) is 0 Å². The molecule has 1 aliphatic rings. The van der Waals surface area contributed by atoms with E-state index in [9.17, 15) is 0 Å². The maximum Gasteiger partial charge on any atom is 0.176 e. The summed E-state index contributed by atoms with van der Waals surface area (Å²) in [5.74, 6) is 0.904. The van der Waals surface area contributed by atoms with Crippen LogP contribution in [0.2, 0.25) is 0 Å². The predicted molar refractivity (Wildman–Crippen MR) is 103 cm³/mol. The van der Waals surface area contributed by atoms with Crippen molar-refractivity contribution < 1.29 is 0 Å². The van der Waals surface area contributed by atoms with Gasteiger partial charge in [-0.25, -0.2) is 15.0 Å². The average Bonchev–Trinajstić information content (AvgIpc) is 2.99. The van der Waals surface area contributed by atoms with E-state index in [-0.39, 0.29) is 5.54 Å². The van der Waals surface area contributed by atoms with Gasteiger partial charge < -0.3 is 15.1 Å². The fourth-order valence-electron chi connectivity index (χ4n) is 2.80. The van der Waals surface area contributed by atoms with E-state index < -0.39 is 0 Å². The zero-order valence-electron chi connectivity index (χ0n) is 14.9. The quantitative estimate of drug-likeness (QED) is 0.789. The van der Waals surface area contributed by atoms with Gasteiger partial charge in [-0.05, 0) is 33.6 Å². The first-order chi connectivity index (χ1) is 11.5. The van der Waals surface area contributed by atoms with Gasteiger partial charge in [-0.2, -0.15) is 0 Å². The number of likely N-dealkylation sites (N-methyl/N-ethyl adjacent to an activating group) is 1. The van der Waals surface area contributed by atoms with Crippen molar-refractivity contribution in [3.63, 3.8) is 0 Å². The topological polar surface area (TPSA) is 57.2 Å². The number of hydrogen-bond acceptors (Lipinski definition) is 8. The number of hydrogen-bond donors (Lipinski definition) is 1. The molecular formula is C16H26N6S2. The highest BCUT2D eigenvalue weighted by molar-refractivity contribution is 8.00. The predicted octanol–water partition coefficient (Wildman–Crippen LogP) is 2.64. The smallest absolute Gasteiger partial charge is 0.176 e. The van der Waals surface area contributed by atoms with Gasteiger partial charge in [0.2, 0.25) is 0 Å². The summed E-state index contributed by atoms with van der Waals surface area (Å²) in [5, 5.41) is 3.62. The minimum atomic E-state index is -0.0197. The minimum absolute atomic E-state index is 0.0197. The van der Waals surface area contributed by atoms with Gasteiger partial charge in [-0.15, -0.1) is 11.3 Å². The van der Waals surface area contributed by atoms with E-state index in [2.05, 4.69) is 51.0 Å². The second-order valence-electron chi connectivity index (χ2n) is 6.96. The van der Waals surface area contributed by atoms with Gasteiger partial charge in [0.15, 0.2) is 9.99 Å². The Hall–Kier alpha value is -0.960. The van der Waals surface area contributed by atoms with Crippen LogP contribution in [0.1, 0.15) is 20.3 Å². The summed E-state index contributed by atoms with van der Waals surface area (Å²) >= 11 is 3.31. The summed E-state index contributed by atoms with van der Waals surface area (Å²) < 4.78 is 2.08. The molecule has 0 aliphatic carbocycles. The molecule has 0 radical (unpaired) electrons. The minimum Gasteiger partial charge on any atom is -0.364 e. The Morgan fingerprint density at radius 3 is 2.71 bits per heavy atom. The molecule has 2 aromatic heterocycles. The van der Waals surface area contributed by atoms with E-state index in [0.717, 1.165) is 46.6 Å². The van der Waals surface area contributed by atoms with Crippen LogP contribution in [0, 0.1) is 0 Å². The lowest BCUT2D eigenvalue weighted by Gasteiger charge is -2.35. The summed E-state index contributed by atoms with van der Waals surface area (Å²) in [4.78, 5) is 18.2. The summed E-state index contributed by atoms with van der Waals surface area (Å²) in [6.45, 7) is 10.3. The molecule has 0 aromatic carbocycles. The number of aromatic nitrogens is 3. The maximum atomic E-state index is 4.53. The molecule has 24 heavy (non-hydrogen) atoms. The first-order valence-electron chi connectivity index (χ1n) is 8.31. The largest absolute Gasteiger partial charge is 0.364 e. The molecule has 8 heteroatoms. The number of piperazine rings is 1. The van der Waals surface area contributed by atoms with E-state index in [1.165, 1.54) is 13.1 Å². The van der Waals surface area contributed by atoms with Gasteiger partial charge in [-0.1, -0.05) is 11.8 Å². The molecule has 1 saturated heterocycles. The zero-order valence-corrected chi connectivity index (χ0v) is 16.5. The lowest BCUT2D eigenvalue weighted by molar-refractivity contribution is 0.147. The van der Waals surface area contributed by atoms with E-state index in [1.807, 2.05) is 6.26 Å². The highest BCUT2D eigenvalue weighted by Gasteiger charge is 2.23. The molecule has 0 bridgehead atoms. The van der Waals surface area contributed by atoms with E-state index >= 15 is 0 Å². The molecule has 1 fully saturated rings. The third kappa shape index (κ3) is 4.36. The molecular weight excluding hydrogens is 340 g/mol. The van der Waals surface area contributed by atoms with Gasteiger partial charge in [-0.3, -0.25) is 0 Å². The van der Waals surface area contributed by atoms with Crippen LogP contribution in [0.25, 0.3) is 10.3 Å². The average molecular weight is 367 g/mol. The van der Waals surface area contributed by atoms with Crippen molar-refractivity contribution in [2.45, 2.75) is 30.1 Å². The van der Waals surface area contributed by atoms with Crippen molar-refractivity contribution in [2.24, 2.45) is 0 Å². The number of nitrogens with zero attached hydrogens (tertiary/aromatic N) is 5. The van der Waals surface area contributed by atoms with E-state index in [4.69, 9.17) is 0 Å². The third-order valence-corrected chi connectivity index (χ3v) is 6.49. The van der Waals surface area contributed by atoms with Crippen LogP contribution in [0.3, 0.4) is 0 Å². The van der Waals surface area contributed by atoms with Crippen LogP contribution < -0.4 is 5.32 Å². The second-order valence-corrected chi connectivity index (χ2v) is 9.02. The standard InChI is InChI=1S/C16H26N6S2/c1-16(2,5-6-22-9-7-21(3)8-10-22)20-14-12-13(17-11-18-14)19-15(23-4)24-12/h11H,5-10H2,1-4H3,(H,17,18,20). The Balaban J connectivity index is 1.64. The van der Waals surface area contributed by atoms with Crippen LogP contribution in [-0.2, 0) is 0 Å².